The van der Waals surface area contributed by atoms with Gasteiger partial charge in [-0.2, -0.15) is 0 Å². The molecule has 2 aromatic heterocycles. The predicted octanol–water partition coefficient (Wildman–Crippen LogP) is 1.07. The van der Waals surface area contributed by atoms with Gasteiger partial charge >= 0.3 is 0 Å². The summed E-state index contributed by atoms with van der Waals surface area (Å²) in [6.45, 7) is 4.49. The van der Waals surface area contributed by atoms with Gasteiger partial charge in [0, 0.05) is 6.42 Å². The zero-order valence-electron chi connectivity index (χ0n) is 10.7. The first-order chi connectivity index (χ1) is 8.72. The van der Waals surface area contributed by atoms with Gasteiger partial charge in [0.1, 0.15) is 6.54 Å². The Bertz CT molecular complexity index is 491. The van der Waals surface area contributed by atoms with Crippen LogP contribution in [-0.2, 0) is 13.0 Å². The number of hydrogen-bond donors (Lipinski definition) is 1. The van der Waals surface area contributed by atoms with E-state index in [2.05, 4.69) is 27.4 Å². The van der Waals surface area contributed by atoms with Crippen molar-refractivity contribution in [2.45, 2.75) is 45.7 Å². The van der Waals surface area contributed by atoms with Crippen LogP contribution < -0.4 is 5.73 Å². The van der Waals surface area contributed by atoms with Crippen molar-refractivity contribution in [2.24, 2.45) is 5.73 Å². The third-order valence-electron chi connectivity index (χ3n) is 2.64. The number of rotatable bonds is 6. The van der Waals surface area contributed by atoms with E-state index in [9.17, 15) is 0 Å². The average molecular weight is 250 g/mol. The van der Waals surface area contributed by atoms with Crippen molar-refractivity contribution in [1.82, 2.24) is 25.2 Å². The fraction of sp³-hybridized carbons (Fsp3) is 0.636. The molecule has 0 saturated heterocycles. The third-order valence-corrected chi connectivity index (χ3v) is 2.64. The summed E-state index contributed by atoms with van der Waals surface area (Å²) >= 11 is 0. The fourth-order valence-corrected chi connectivity index (χ4v) is 1.65. The maximum Gasteiger partial charge on any atom is 0.237 e. The zero-order chi connectivity index (χ0) is 13.0. The molecule has 0 aromatic carbocycles. The highest BCUT2D eigenvalue weighted by molar-refractivity contribution is 5.00. The smallest absolute Gasteiger partial charge is 0.237 e. The molecule has 7 heteroatoms. The van der Waals surface area contributed by atoms with Crippen LogP contribution in [0.5, 0.6) is 0 Å². The van der Waals surface area contributed by atoms with Gasteiger partial charge in [-0.1, -0.05) is 25.5 Å². The second-order valence-electron chi connectivity index (χ2n) is 4.18. The van der Waals surface area contributed by atoms with E-state index >= 15 is 0 Å². The topological polar surface area (TPSA) is 95.7 Å². The van der Waals surface area contributed by atoms with Crippen LogP contribution in [0.4, 0.5) is 0 Å². The zero-order valence-corrected chi connectivity index (χ0v) is 10.7. The molecule has 0 radical (unpaired) electrons. The van der Waals surface area contributed by atoms with E-state index < -0.39 is 0 Å². The van der Waals surface area contributed by atoms with Gasteiger partial charge in [0.05, 0.1) is 17.9 Å². The average Bonchev–Trinajstić information content (AvgIpc) is 2.99. The summed E-state index contributed by atoms with van der Waals surface area (Å²) in [6, 6.07) is -0.0577. The van der Waals surface area contributed by atoms with Crippen LogP contribution in [0.1, 0.15) is 50.2 Å². The number of aromatic nitrogens is 5. The van der Waals surface area contributed by atoms with Gasteiger partial charge in [-0.05, 0) is 6.42 Å². The van der Waals surface area contributed by atoms with E-state index in [0.29, 0.717) is 18.3 Å². The van der Waals surface area contributed by atoms with Crippen molar-refractivity contribution in [3.8, 4) is 0 Å². The molecule has 1 unspecified atom stereocenters. The van der Waals surface area contributed by atoms with E-state index in [1.54, 1.807) is 4.68 Å². The molecule has 18 heavy (non-hydrogen) atoms. The van der Waals surface area contributed by atoms with Crippen molar-refractivity contribution in [2.75, 3.05) is 0 Å². The van der Waals surface area contributed by atoms with Crippen LogP contribution in [0.15, 0.2) is 10.6 Å². The summed E-state index contributed by atoms with van der Waals surface area (Å²) in [6.07, 6.45) is 4.49. The van der Waals surface area contributed by atoms with Gasteiger partial charge in [-0.3, -0.25) is 0 Å². The normalized spacial score (nSPS) is 12.8. The van der Waals surface area contributed by atoms with Crippen LogP contribution in [0.3, 0.4) is 0 Å². The second-order valence-corrected chi connectivity index (χ2v) is 4.18. The number of hydrogen-bond acceptors (Lipinski definition) is 6. The summed E-state index contributed by atoms with van der Waals surface area (Å²) in [4.78, 5) is 0. The van der Waals surface area contributed by atoms with Crippen LogP contribution in [0.25, 0.3) is 0 Å². The lowest BCUT2D eigenvalue weighted by atomic mass is 10.1. The molecule has 2 aromatic rings. The molecular formula is C11H18N6O. The SMILES string of the molecule is CCCC(N)c1cn(Cc2nnc(CC)o2)nn1. The molecule has 0 fully saturated rings. The highest BCUT2D eigenvalue weighted by atomic mass is 16.4. The second kappa shape index (κ2) is 5.72. The maximum absolute atomic E-state index is 5.97. The van der Waals surface area contributed by atoms with Gasteiger partial charge < -0.3 is 10.2 Å². The Morgan fingerprint density at radius 1 is 1.28 bits per heavy atom. The Balaban J connectivity index is 2.01. The lowest BCUT2D eigenvalue weighted by molar-refractivity contribution is 0.430. The Kier molecular flexibility index (Phi) is 4.03. The lowest BCUT2D eigenvalue weighted by Gasteiger charge is -2.04. The molecule has 0 aliphatic heterocycles. The standard InChI is InChI=1S/C11H18N6O/c1-3-5-8(12)9-6-17(16-13-9)7-11-15-14-10(4-2)18-11/h6,8H,3-5,7,12H2,1-2H3. The first kappa shape index (κ1) is 12.7. The number of nitrogens with two attached hydrogens (primary N) is 1. The van der Waals surface area contributed by atoms with Crippen LogP contribution >= 0.6 is 0 Å². The molecule has 0 bridgehead atoms. The van der Waals surface area contributed by atoms with E-state index in [4.69, 9.17) is 10.2 Å². The van der Waals surface area contributed by atoms with Gasteiger partial charge in [-0.25, -0.2) is 4.68 Å². The van der Waals surface area contributed by atoms with Crippen molar-refractivity contribution in [1.29, 1.82) is 0 Å². The predicted molar refractivity (Wildman–Crippen MR) is 64.6 cm³/mol. The first-order valence-corrected chi connectivity index (χ1v) is 6.19. The van der Waals surface area contributed by atoms with Crippen molar-refractivity contribution in [3.63, 3.8) is 0 Å². The Labute approximate surface area is 105 Å². The highest BCUT2D eigenvalue weighted by Crippen LogP contribution is 2.12. The fourth-order valence-electron chi connectivity index (χ4n) is 1.65. The molecule has 0 aliphatic carbocycles. The van der Waals surface area contributed by atoms with E-state index in [1.807, 2.05) is 13.1 Å². The summed E-state index contributed by atoms with van der Waals surface area (Å²) in [7, 11) is 0. The monoisotopic (exact) mass is 250 g/mol. The Hall–Kier alpha value is -1.76. The van der Waals surface area contributed by atoms with Gasteiger partial charge in [-0.15, -0.1) is 15.3 Å². The molecule has 1 atom stereocenters. The largest absolute Gasteiger partial charge is 0.423 e. The van der Waals surface area contributed by atoms with Gasteiger partial charge in [0.2, 0.25) is 11.8 Å². The van der Waals surface area contributed by atoms with Crippen molar-refractivity contribution >= 4 is 0 Å². The van der Waals surface area contributed by atoms with E-state index in [0.717, 1.165) is 25.0 Å². The molecule has 0 aliphatic rings. The summed E-state index contributed by atoms with van der Waals surface area (Å²) in [5.74, 6) is 1.17. The molecule has 0 saturated carbocycles. The summed E-state index contributed by atoms with van der Waals surface area (Å²) in [5.41, 5.74) is 6.77. The third kappa shape index (κ3) is 2.92. The first-order valence-electron chi connectivity index (χ1n) is 6.19. The van der Waals surface area contributed by atoms with Crippen molar-refractivity contribution < 1.29 is 4.42 Å². The molecule has 7 nitrogen and oxygen atoms in total. The van der Waals surface area contributed by atoms with Crippen LogP contribution in [0, 0.1) is 0 Å². The summed E-state index contributed by atoms with van der Waals surface area (Å²) in [5, 5.41) is 15.9. The van der Waals surface area contributed by atoms with Gasteiger partial charge in [0.25, 0.3) is 0 Å². The van der Waals surface area contributed by atoms with Crippen LogP contribution in [-0.4, -0.2) is 25.2 Å². The minimum Gasteiger partial charge on any atom is -0.423 e. The maximum atomic E-state index is 5.97. The van der Waals surface area contributed by atoms with E-state index in [1.165, 1.54) is 0 Å². The minimum atomic E-state index is -0.0577. The molecule has 2 rings (SSSR count). The highest BCUT2D eigenvalue weighted by Gasteiger charge is 2.11. The summed E-state index contributed by atoms with van der Waals surface area (Å²) < 4.78 is 7.08. The van der Waals surface area contributed by atoms with E-state index in [-0.39, 0.29) is 6.04 Å². The molecule has 98 valence electrons. The minimum absolute atomic E-state index is 0.0577. The lowest BCUT2D eigenvalue weighted by Crippen LogP contribution is -2.10. The Morgan fingerprint density at radius 3 is 2.72 bits per heavy atom. The van der Waals surface area contributed by atoms with Crippen LogP contribution in [0.2, 0.25) is 0 Å². The molecule has 0 spiro atoms. The molecule has 0 amide bonds. The molecule has 2 N–H and O–H groups in total. The number of aryl methyl sites for hydroxylation is 1. The van der Waals surface area contributed by atoms with Gasteiger partial charge in [0.15, 0.2) is 0 Å². The van der Waals surface area contributed by atoms with Crippen molar-refractivity contribution in [3.05, 3.63) is 23.7 Å². The Morgan fingerprint density at radius 2 is 2.06 bits per heavy atom. The quantitative estimate of drug-likeness (QED) is 0.823. The molecule has 2 heterocycles. The molecular weight excluding hydrogens is 232 g/mol. The number of nitrogens with zero attached hydrogens (tertiary/aromatic N) is 5.